The Morgan fingerprint density at radius 3 is 2.33 bits per heavy atom. The lowest BCUT2D eigenvalue weighted by Gasteiger charge is -2.30. The Kier molecular flexibility index (Phi) is 5.02. The smallest absolute Gasteiger partial charge is 0.371 e. The molecule has 5 heteroatoms. The third-order valence-corrected chi connectivity index (χ3v) is 3.03. The molecule has 1 rings (SSSR count). The van der Waals surface area contributed by atoms with Crippen molar-refractivity contribution in [2.75, 3.05) is 24.5 Å². The molecule has 0 aliphatic rings. The summed E-state index contributed by atoms with van der Waals surface area (Å²) in [6.07, 6.45) is -4.25. The highest BCUT2D eigenvalue weighted by atomic mass is 19.4. The maximum Gasteiger partial charge on any atom is 0.394 e. The second-order valence-corrected chi connectivity index (χ2v) is 4.30. The van der Waals surface area contributed by atoms with Crippen LogP contribution in [0.15, 0.2) is 24.3 Å². The summed E-state index contributed by atoms with van der Waals surface area (Å²) >= 11 is 0. The average molecular weight is 260 g/mol. The van der Waals surface area contributed by atoms with E-state index in [1.165, 1.54) is 0 Å². The van der Waals surface area contributed by atoms with Crippen LogP contribution >= 0.6 is 0 Å². The van der Waals surface area contributed by atoms with Gasteiger partial charge in [0.1, 0.15) is 0 Å². The molecule has 18 heavy (non-hydrogen) atoms. The predicted octanol–water partition coefficient (Wildman–Crippen LogP) is 2.96. The van der Waals surface area contributed by atoms with E-state index in [1.54, 1.807) is 4.90 Å². The molecular weight excluding hydrogens is 241 g/mol. The fourth-order valence-corrected chi connectivity index (χ4v) is 1.89. The van der Waals surface area contributed by atoms with Crippen LogP contribution in [0.25, 0.3) is 0 Å². The van der Waals surface area contributed by atoms with Crippen LogP contribution < -0.4 is 10.6 Å². The number of halogens is 3. The van der Waals surface area contributed by atoms with Crippen LogP contribution in [0.5, 0.6) is 0 Å². The van der Waals surface area contributed by atoms with Crippen LogP contribution in [0, 0.1) is 12.8 Å². The minimum Gasteiger partial charge on any atom is -0.371 e. The zero-order chi connectivity index (χ0) is 13.8. The van der Waals surface area contributed by atoms with Gasteiger partial charge in [-0.1, -0.05) is 18.2 Å². The highest BCUT2D eigenvalue weighted by Crippen LogP contribution is 2.28. The van der Waals surface area contributed by atoms with Crippen molar-refractivity contribution in [1.82, 2.24) is 0 Å². The van der Waals surface area contributed by atoms with Crippen LogP contribution in [-0.2, 0) is 0 Å². The molecule has 0 saturated carbocycles. The predicted molar refractivity (Wildman–Crippen MR) is 67.7 cm³/mol. The molecule has 102 valence electrons. The molecule has 1 unspecified atom stereocenters. The lowest BCUT2D eigenvalue weighted by atomic mass is 10.1. The lowest BCUT2D eigenvalue weighted by Crippen LogP contribution is -2.41. The van der Waals surface area contributed by atoms with E-state index in [2.05, 4.69) is 0 Å². The first kappa shape index (κ1) is 14.8. The van der Waals surface area contributed by atoms with Crippen molar-refractivity contribution < 1.29 is 13.2 Å². The van der Waals surface area contributed by atoms with E-state index in [9.17, 15) is 13.2 Å². The number of benzene rings is 1. The van der Waals surface area contributed by atoms with Gasteiger partial charge in [0.15, 0.2) is 0 Å². The Morgan fingerprint density at radius 2 is 1.89 bits per heavy atom. The van der Waals surface area contributed by atoms with Gasteiger partial charge in [-0.25, -0.2) is 0 Å². The number of nitrogens with zero attached hydrogens (tertiary/aromatic N) is 1. The SMILES string of the molecule is CCN(CC(CN)C(F)(F)F)c1ccccc1C. The topological polar surface area (TPSA) is 29.3 Å². The molecule has 0 aromatic heterocycles. The summed E-state index contributed by atoms with van der Waals surface area (Å²) in [4.78, 5) is 1.72. The van der Waals surface area contributed by atoms with E-state index in [-0.39, 0.29) is 13.1 Å². The Morgan fingerprint density at radius 1 is 1.28 bits per heavy atom. The van der Waals surface area contributed by atoms with Gasteiger partial charge < -0.3 is 10.6 Å². The quantitative estimate of drug-likeness (QED) is 0.882. The van der Waals surface area contributed by atoms with Crippen molar-refractivity contribution in [3.8, 4) is 0 Å². The van der Waals surface area contributed by atoms with Crippen LogP contribution in [0.3, 0.4) is 0 Å². The molecule has 0 bridgehead atoms. The second-order valence-electron chi connectivity index (χ2n) is 4.30. The summed E-state index contributed by atoms with van der Waals surface area (Å²) in [6, 6.07) is 7.43. The maximum absolute atomic E-state index is 12.7. The van der Waals surface area contributed by atoms with Gasteiger partial charge >= 0.3 is 6.18 Å². The molecular formula is C13H19F3N2. The summed E-state index contributed by atoms with van der Waals surface area (Å²) in [7, 11) is 0. The highest BCUT2D eigenvalue weighted by Gasteiger charge is 2.39. The van der Waals surface area contributed by atoms with E-state index in [4.69, 9.17) is 5.73 Å². The van der Waals surface area contributed by atoms with Crippen LogP contribution in [0.1, 0.15) is 12.5 Å². The molecule has 0 fully saturated rings. The minimum absolute atomic E-state index is 0.0959. The van der Waals surface area contributed by atoms with Gasteiger partial charge in [-0.2, -0.15) is 13.2 Å². The Bertz CT molecular complexity index is 377. The number of rotatable bonds is 5. The molecule has 1 aromatic carbocycles. The monoisotopic (exact) mass is 260 g/mol. The van der Waals surface area contributed by atoms with Gasteiger partial charge in [0.2, 0.25) is 0 Å². The van der Waals surface area contributed by atoms with Gasteiger partial charge in [-0.3, -0.25) is 0 Å². The molecule has 0 spiro atoms. The number of para-hydroxylation sites is 1. The first-order chi connectivity index (χ1) is 8.40. The maximum atomic E-state index is 12.7. The van der Waals surface area contributed by atoms with E-state index in [0.717, 1.165) is 11.3 Å². The van der Waals surface area contributed by atoms with Gasteiger partial charge in [0.25, 0.3) is 0 Å². The van der Waals surface area contributed by atoms with E-state index in [0.29, 0.717) is 6.54 Å². The molecule has 0 heterocycles. The van der Waals surface area contributed by atoms with Gasteiger partial charge in [0.05, 0.1) is 5.92 Å². The number of hydrogen-bond acceptors (Lipinski definition) is 2. The number of hydrogen-bond donors (Lipinski definition) is 1. The van der Waals surface area contributed by atoms with Crippen LogP contribution in [-0.4, -0.2) is 25.8 Å². The van der Waals surface area contributed by atoms with Crippen molar-refractivity contribution in [2.24, 2.45) is 11.7 Å². The zero-order valence-corrected chi connectivity index (χ0v) is 10.7. The molecule has 1 aromatic rings. The third-order valence-electron chi connectivity index (χ3n) is 3.03. The summed E-state index contributed by atoms with van der Waals surface area (Å²) in [5.41, 5.74) is 7.04. The van der Waals surface area contributed by atoms with E-state index >= 15 is 0 Å². The normalized spacial score (nSPS) is 13.4. The lowest BCUT2D eigenvalue weighted by molar-refractivity contribution is -0.168. The Labute approximate surface area is 106 Å². The van der Waals surface area contributed by atoms with Crippen LogP contribution in [0.2, 0.25) is 0 Å². The van der Waals surface area contributed by atoms with E-state index in [1.807, 2.05) is 38.1 Å². The average Bonchev–Trinajstić information content (AvgIpc) is 2.30. The number of alkyl halides is 3. The summed E-state index contributed by atoms with van der Waals surface area (Å²) in [6.45, 7) is 3.78. The van der Waals surface area contributed by atoms with Crippen molar-refractivity contribution >= 4 is 5.69 Å². The standard InChI is InChI=1S/C13H19F3N2/c1-3-18(9-11(8-17)13(14,15)16)12-7-5-4-6-10(12)2/h4-7,11H,3,8-9,17H2,1-2H3. The molecule has 0 saturated heterocycles. The number of anilines is 1. The molecule has 1 atom stereocenters. The molecule has 0 aliphatic carbocycles. The fourth-order valence-electron chi connectivity index (χ4n) is 1.89. The first-order valence-corrected chi connectivity index (χ1v) is 5.97. The van der Waals surface area contributed by atoms with Crippen molar-refractivity contribution in [2.45, 2.75) is 20.0 Å². The first-order valence-electron chi connectivity index (χ1n) is 5.97. The van der Waals surface area contributed by atoms with Gasteiger partial charge in [0, 0.05) is 25.3 Å². The molecule has 0 aliphatic heterocycles. The fraction of sp³-hybridized carbons (Fsp3) is 0.538. The van der Waals surface area contributed by atoms with E-state index < -0.39 is 12.1 Å². The second kappa shape index (κ2) is 6.09. The number of nitrogens with two attached hydrogens (primary N) is 1. The number of aryl methyl sites for hydroxylation is 1. The zero-order valence-electron chi connectivity index (χ0n) is 10.7. The summed E-state index contributed by atoms with van der Waals surface area (Å²) in [5, 5.41) is 0. The van der Waals surface area contributed by atoms with Gasteiger partial charge in [-0.15, -0.1) is 0 Å². The van der Waals surface area contributed by atoms with Crippen molar-refractivity contribution in [1.29, 1.82) is 0 Å². The molecule has 2 N–H and O–H groups in total. The third kappa shape index (κ3) is 3.63. The molecule has 0 radical (unpaired) electrons. The Balaban J connectivity index is 2.88. The summed E-state index contributed by atoms with van der Waals surface area (Å²) < 4.78 is 38.2. The molecule has 2 nitrogen and oxygen atoms in total. The van der Waals surface area contributed by atoms with Crippen molar-refractivity contribution in [3.05, 3.63) is 29.8 Å². The largest absolute Gasteiger partial charge is 0.394 e. The summed E-state index contributed by atoms with van der Waals surface area (Å²) in [5.74, 6) is -1.49. The van der Waals surface area contributed by atoms with Crippen LogP contribution in [0.4, 0.5) is 18.9 Å². The minimum atomic E-state index is -4.25. The van der Waals surface area contributed by atoms with Crippen molar-refractivity contribution in [3.63, 3.8) is 0 Å². The highest BCUT2D eigenvalue weighted by molar-refractivity contribution is 5.52. The Hall–Kier alpha value is -1.23. The molecule has 0 amide bonds. The van der Waals surface area contributed by atoms with Gasteiger partial charge in [-0.05, 0) is 25.5 Å².